The summed E-state index contributed by atoms with van der Waals surface area (Å²) in [5.74, 6) is -1.19. The van der Waals surface area contributed by atoms with Gasteiger partial charge in [0.05, 0.1) is 11.2 Å². The molecule has 0 bridgehead atoms. The first-order valence-electron chi connectivity index (χ1n) is 9.98. The van der Waals surface area contributed by atoms with Crippen molar-refractivity contribution in [3.8, 4) is 28.6 Å². The van der Waals surface area contributed by atoms with E-state index in [1.807, 2.05) is 25.1 Å². The summed E-state index contributed by atoms with van der Waals surface area (Å²) in [6.07, 6.45) is 2.81. The van der Waals surface area contributed by atoms with Gasteiger partial charge >= 0.3 is 5.69 Å². The van der Waals surface area contributed by atoms with Crippen molar-refractivity contribution in [2.45, 2.75) is 25.8 Å². The third kappa shape index (κ3) is 3.89. The predicted molar refractivity (Wildman–Crippen MR) is 117 cm³/mol. The summed E-state index contributed by atoms with van der Waals surface area (Å²) in [7, 11) is 0. The lowest BCUT2D eigenvalue weighted by atomic mass is 10.1. The van der Waals surface area contributed by atoms with Crippen LogP contribution in [0.1, 0.15) is 18.4 Å². The van der Waals surface area contributed by atoms with Gasteiger partial charge in [0, 0.05) is 17.2 Å². The van der Waals surface area contributed by atoms with E-state index in [4.69, 9.17) is 16.0 Å². The second-order valence-corrected chi connectivity index (χ2v) is 8.09. The lowest BCUT2D eigenvalue weighted by Gasteiger charge is -2.08. The Kier molecular flexibility index (Phi) is 5.01. The van der Waals surface area contributed by atoms with Gasteiger partial charge in [-0.15, -0.1) is 0 Å². The van der Waals surface area contributed by atoms with Crippen LogP contribution in [-0.4, -0.2) is 20.6 Å². The summed E-state index contributed by atoms with van der Waals surface area (Å²) >= 11 is 5.81. The Balaban J connectivity index is 1.69. The summed E-state index contributed by atoms with van der Waals surface area (Å²) in [6, 6.07) is 11.6. The van der Waals surface area contributed by atoms with Crippen LogP contribution in [0.3, 0.4) is 0 Å². The fraction of sp³-hybridized carbons (Fsp3) is 0.174. The highest BCUT2D eigenvalue weighted by molar-refractivity contribution is 6.30. The van der Waals surface area contributed by atoms with E-state index in [1.165, 1.54) is 18.2 Å². The molecular formula is C23H17ClF2N4O2. The van der Waals surface area contributed by atoms with Crippen molar-refractivity contribution in [2.75, 3.05) is 5.32 Å². The monoisotopic (exact) mass is 454 g/mol. The van der Waals surface area contributed by atoms with E-state index in [0.29, 0.717) is 11.1 Å². The lowest BCUT2D eigenvalue weighted by Crippen LogP contribution is -2.24. The Morgan fingerprint density at radius 1 is 1.09 bits per heavy atom. The Morgan fingerprint density at radius 3 is 2.62 bits per heavy atom. The molecule has 5 rings (SSSR count). The van der Waals surface area contributed by atoms with E-state index in [2.05, 4.69) is 15.3 Å². The molecule has 1 aliphatic carbocycles. The molecule has 1 aliphatic rings. The van der Waals surface area contributed by atoms with Gasteiger partial charge in [0.25, 0.3) is 0 Å². The summed E-state index contributed by atoms with van der Waals surface area (Å²) in [5, 5.41) is 2.83. The zero-order valence-corrected chi connectivity index (χ0v) is 17.7. The summed E-state index contributed by atoms with van der Waals surface area (Å²) < 4.78 is 35.8. The number of halogens is 3. The van der Waals surface area contributed by atoms with E-state index < -0.39 is 17.3 Å². The van der Waals surface area contributed by atoms with Crippen molar-refractivity contribution >= 4 is 17.4 Å². The average Bonchev–Trinajstić information content (AvgIpc) is 3.47. The Morgan fingerprint density at radius 2 is 1.91 bits per heavy atom. The maximum Gasteiger partial charge on any atom is 0.355 e. The highest BCUT2D eigenvalue weighted by atomic mass is 35.5. The van der Waals surface area contributed by atoms with Gasteiger partial charge < -0.3 is 9.73 Å². The molecule has 1 N–H and O–H groups in total. The number of nitrogens with zero attached hydrogens (tertiary/aromatic N) is 3. The molecule has 0 spiro atoms. The molecule has 2 aromatic carbocycles. The molecule has 1 saturated carbocycles. The fourth-order valence-electron chi connectivity index (χ4n) is 3.31. The number of hydrogen-bond acceptors (Lipinski definition) is 5. The Labute approximate surface area is 186 Å². The summed E-state index contributed by atoms with van der Waals surface area (Å²) in [4.78, 5) is 21.0. The molecule has 0 saturated heterocycles. The molecule has 2 aromatic heterocycles. The van der Waals surface area contributed by atoms with Crippen LogP contribution in [0.25, 0.3) is 28.6 Å². The number of hydrogen-bond donors (Lipinski definition) is 1. The van der Waals surface area contributed by atoms with Crippen LogP contribution in [-0.2, 0) is 0 Å². The minimum atomic E-state index is -0.741. The van der Waals surface area contributed by atoms with Gasteiger partial charge in [0.1, 0.15) is 5.82 Å². The molecule has 0 amide bonds. The predicted octanol–water partition coefficient (Wildman–Crippen LogP) is 5.37. The number of oxazole rings is 1. The van der Waals surface area contributed by atoms with Crippen LogP contribution < -0.4 is 11.0 Å². The second-order valence-electron chi connectivity index (χ2n) is 7.68. The molecule has 1 fully saturated rings. The Bertz CT molecular complexity index is 1400. The van der Waals surface area contributed by atoms with Gasteiger partial charge in [-0.05, 0) is 50.1 Å². The van der Waals surface area contributed by atoms with E-state index in [0.717, 1.165) is 29.2 Å². The minimum absolute atomic E-state index is 0.00222. The summed E-state index contributed by atoms with van der Waals surface area (Å²) in [5.41, 5.74) is 1.18. The second kappa shape index (κ2) is 7.87. The minimum Gasteiger partial charge on any atom is -0.434 e. The molecule has 2 heterocycles. The van der Waals surface area contributed by atoms with Gasteiger partial charge in [-0.2, -0.15) is 9.97 Å². The van der Waals surface area contributed by atoms with Gasteiger partial charge in [-0.1, -0.05) is 29.3 Å². The van der Waals surface area contributed by atoms with Gasteiger partial charge in [-0.25, -0.2) is 18.1 Å². The van der Waals surface area contributed by atoms with Crippen LogP contribution in [0, 0.1) is 18.6 Å². The lowest BCUT2D eigenvalue weighted by molar-refractivity contribution is 0.583. The maximum atomic E-state index is 14.7. The van der Waals surface area contributed by atoms with Crippen LogP contribution >= 0.6 is 11.6 Å². The van der Waals surface area contributed by atoms with E-state index in [1.54, 1.807) is 6.07 Å². The molecule has 4 aromatic rings. The number of anilines is 1. The highest BCUT2D eigenvalue weighted by Gasteiger charge is 2.25. The quantitative estimate of drug-likeness (QED) is 0.439. The third-order valence-electron chi connectivity index (χ3n) is 5.08. The van der Waals surface area contributed by atoms with Crippen molar-refractivity contribution in [2.24, 2.45) is 0 Å². The number of aryl methyl sites for hydroxylation is 1. The molecule has 9 heteroatoms. The zero-order valence-electron chi connectivity index (χ0n) is 16.9. The maximum absolute atomic E-state index is 14.7. The van der Waals surface area contributed by atoms with Crippen molar-refractivity contribution in [1.29, 1.82) is 0 Å². The molecule has 6 nitrogen and oxygen atoms in total. The average molecular weight is 455 g/mol. The van der Waals surface area contributed by atoms with Crippen molar-refractivity contribution in [3.05, 3.63) is 81.4 Å². The molecule has 0 atom stereocenters. The number of nitrogens with one attached hydrogen (secondary N) is 1. The largest absolute Gasteiger partial charge is 0.434 e. The van der Waals surface area contributed by atoms with E-state index in [9.17, 15) is 13.6 Å². The zero-order chi connectivity index (χ0) is 22.4. The van der Waals surface area contributed by atoms with Crippen LogP contribution in [0.2, 0.25) is 5.02 Å². The normalized spacial score (nSPS) is 13.4. The van der Waals surface area contributed by atoms with Gasteiger partial charge in [-0.3, -0.25) is 0 Å². The van der Waals surface area contributed by atoms with Crippen molar-refractivity contribution in [3.63, 3.8) is 0 Å². The third-order valence-corrected chi connectivity index (χ3v) is 5.39. The van der Waals surface area contributed by atoms with E-state index in [-0.39, 0.29) is 34.4 Å². The molecule has 162 valence electrons. The first-order valence-corrected chi connectivity index (χ1v) is 10.4. The standard InChI is InChI=1S/C23H17ClF2N4O2/c1-12-3-2-4-14(9-12)22-29-21(19(32-22)13-5-8-16(24)17(25)10-13)30-11-18(26)20(28-23(30)31)27-15-6-7-15/h2-5,8-11,15H,6-7H2,1H3,(H,27,28,31). The number of aromatic nitrogens is 3. The Hall–Kier alpha value is -3.52. The van der Waals surface area contributed by atoms with E-state index >= 15 is 0 Å². The van der Waals surface area contributed by atoms with Gasteiger partial charge in [0.2, 0.25) is 5.89 Å². The number of rotatable bonds is 5. The van der Waals surface area contributed by atoms with Gasteiger partial charge in [0.15, 0.2) is 23.2 Å². The molecule has 0 unspecified atom stereocenters. The molecular weight excluding hydrogens is 438 g/mol. The highest BCUT2D eigenvalue weighted by Crippen LogP contribution is 2.34. The van der Waals surface area contributed by atoms with Crippen LogP contribution in [0.4, 0.5) is 14.6 Å². The molecule has 0 aliphatic heterocycles. The smallest absolute Gasteiger partial charge is 0.355 e. The van der Waals surface area contributed by atoms with Crippen LogP contribution in [0.15, 0.2) is 57.9 Å². The molecule has 0 radical (unpaired) electrons. The van der Waals surface area contributed by atoms with Crippen molar-refractivity contribution < 1.29 is 13.2 Å². The molecule has 32 heavy (non-hydrogen) atoms. The van der Waals surface area contributed by atoms with Crippen LogP contribution in [0.5, 0.6) is 0 Å². The first kappa shape index (κ1) is 20.4. The topological polar surface area (TPSA) is 73.0 Å². The first-order chi connectivity index (χ1) is 15.4. The SMILES string of the molecule is Cc1cccc(-c2nc(-n3cc(F)c(NC4CC4)nc3=O)c(-c3ccc(Cl)c(F)c3)o2)c1. The van der Waals surface area contributed by atoms with Crippen molar-refractivity contribution in [1.82, 2.24) is 14.5 Å². The fourth-order valence-corrected chi connectivity index (χ4v) is 3.43. The summed E-state index contributed by atoms with van der Waals surface area (Å²) in [6.45, 7) is 1.91. The number of benzene rings is 2.